The third-order valence-electron chi connectivity index (χ3n) is 4.92. The fourth-order valence-corrected chi connectivity index (χ4v) is 3.59. The number of fused-ring (bicyclic) bond motifs is 1. The van der Waals surface area contributed by atoms with Gasteiger partial charge < -0.3 is 15.6 Å². The number of nitrogens with one attached hydrogen (secondary N) is 1. The molecule has 140 valence electrons. The molecule has 0 spiro atoms. The highest BCUT2D eigenvalue weighted by Gasteiger charge is 2.23. The summed E-state index contributed by atoms with van der Waals surface area (Å²) in [4.78, 5) is 16.7. The number of amides is 1. The Morgan fingerprint density at radius 3 is 2.76 bits per heavy atom. The molecule has 2 atom stereocenters. The van der Waals surface area contributed by atoms with E-state index in [2.05, 4.69) is 20.9 Å². The normalized spacial score (nSPS) is 19.8. The smallest absolute Gasteiger partial charge is 0.220 e. The lowest BCUT2D eigenvalue weighted by atomic mass is 9.83. The number of aromatic nitrogens is 2. The average molecular weight is 387 g/mol. The number of nitrogens with zero attached hydrogens (tertiary/aromatic N) is 2. The molecule has 1 amide bonds. The van der Waals surface area contributed by atoms with Gasteiger partial charge in [-0.15, -0.1) is 24.8 Å². The first-order valence-corrected chi connectivity index (χ1v) is 8.59. The molecule has 0 aliphatic heterocycles. The summed E-state index contributed by atoms with van der Waals surface area (Å²) < 4.78 is 2.15. The Balaban J connectivity index is 0.00000156. The minimum absolute atomic E-state index is 0. The summed E-state index contributed by atoms with van der Waals surface area (Å²) in [7, 11) is 0. The number of benzene rings is 1. The molecular weight excluding hydrogens is 359 g/mol. The number of nitrogens with two attached hydrogens (primary N) is 1. The van der Waals surface area contributed by atoms with Crippen LogP contribution in [0.2, 0.25) is 0 Å². The summed E-state index contributed by atoms with van der Waals surface area (Å²) in [5, 5.41) is 3.04. The van der Waals surface area contributed by atoms with Crippen LogP contribution < -0.4 is 11.1 Å². The van der Waals surface area contributed by atoms with Gasteiger partial charge in [0.15, 0.2) is 0 Å². The zero-order chi connectivity index (χ0) is 16.2. The van der Waals surface area contributed by atoms with E-state index in [9.17, 15) is 4.79 Å². The second-order valence-electron chi connectivity index (χ2n) is 6.56. The predicted octanol–water partition coefficient (Wildman–Crippen LogP) is 3.21. The maximum atomic E-state index is 12.1. The Morgan fingerprint density at radius 1 is 1.28 bits per heavy atom. The van der Waals surface area contributed by atoms with Crippen molar-refractivity contribution < 1.29 is 4.79 Å². The van der Waals surface area contributed by atoms with Gasteiger partial charge in [-0.3, -0.25) is 4.79 Å². The van der Waals surface area contributed by atoms with Crippen molar-refractivity contribution in [2.24, 2.45) is 11.7 Å². The highest BCUT2D eigenvalue weighted by atomic mass is 35.5. The number of carbonyl (C=O) groups is 1. The van der Waals surface area contributed by atoms with E-state index in [1.807, 2.05) is 25.1 Å². The van der Waals surface area contributed by atoms with Crippen molar-refractivity contribution in [1.29, 1.82) is 0 Å². The SMILES string of the molecule is Cc1nc2ccccc2n1CCNC(=O)CC1CCCCC1N.Cl.Cl. The van der Waals surface area contributed by atoms with E-state index in [1.54, 1.807) is 0 Å². The summed E-state index contributed by atoms with van der Waals surface area (Å²) in [5.41, 5.74) is 8.25. The molecule has 2 unspecified atom stereocenters. The molecule has 1 aromatic heterocycles. The summed E-state index contributed by atoms with van der Waals surface area (Å²) in [6.07, 6.45) is 5.10. The summed E-state index contributed by atoms with van der Waals surface area (Å²) >= 11 is 0. The van der Waals surface area contributed by atoms with Gasteiger partial charge in [-0.2, -0.15) is 0 Å². The second kappa shape index (κ2) is 10.00. The third kappa shape index (κ3) is 5.33. The fourth-order valence-electron chi connectivity index (χ4n) is 3.59. The van der Waals surface area contributed by atoms with E-state index in [0.29, 0.717) is 18.9 Å². The Kier molecular flexibility index (Phi) is 8.69. The number of aryl methyl sites for hydroxylation is 1. The molecule has 1 heterocycles. The lowest BCUT2D eigenvalue weighted by molar-refractivity contribution is -0.122. The summed E-state index contributed by atoms with van der Waals surface area (Å²) in [5.74, 6) is 1.45. The number of halogens is 2. The molecule has 1 fully saturated rings. The van der Waals surface area contributed by atoms with Crippen LogP contribution in [0.4, 0.5) is 0 Å². The van der Waals surface area contributed by atoms with Crippen molar-refractivity contribution in [2.75, 3.05) is 6.54 Å². The Bertz CT molecular complexity index is 689. The molecule has 1 aromatic carbocycles. The van der Waals surface area contributed by atoms with Crippen molar-refractivity contribution in [3.8, 4) is 0 Å². The van der Waals surface area contributed by atoms with Crippen LogP contribution in [0, 0.1) is 12.8 Å². The van der Waals surface area contributed by atoms with E-state index in [0.717, 1.165) is 36.2 Å². The third-order valence-corrected chi connectivity index (χ3v) is 4.92. The molecule has 0 radical (unpaired) electrons. The van der Waals surface area contributed by atoms with Crippen molar-refractivity contribution in [1.82, 2.24) is 14.9 Å². The average Bonchev–Trinajstić information content (AvgIpc) is 2.86. The van der Waals surface area contributed by atoms with Gasteiger partial charge in [0.05, 0.1) is 11.0 Å². The van der Waals surface area contributed by atoms with Crippen LogP contribution in [-0.4, -0.2) is 28.0 Å². The van der Waals surface area contributed by atoms with Gasteiger partial charge in [-0.05, 0) is 37.8 Å². The van der Waals surface area contributed by atoms with Crippen molar-refractivity contribution >= 4 is 41.8 Å². The van der Waals surface area contributed by atoms with Gasteiger partial charge in [0.1, 0.15) is 5.82 Å². The van der Waals surface area contributed by atoms with Crippen LogP contribution >= 0.6 is 24.8 Å². The topological polar surface area (TPSA) is 72.9 Å². The van der Waals surface area contributed by atoms with E-state index >= 15 is 0 Å². The second-order valence-corrected chi connectivity index (χ2v) is 6.56. The van der Waals surface area contributed by atoms with E-state index in [4.69, 9.17) is 5.73 Å². The Hall–Kier alpha value is -1.30. The van der Waals surface area contributed by atoms with Crippen LogP contribution in [0.15, 0.2) is 24.3 Å². The van der Waals surface area contributed by atoms with Crippen LogP contribution in [0.1, 0.15) is 37.9 Å². The van der Waals surface area contributed by atoms with E-state index in [-0.39, 0.29) is 36.8 Å². The van der Waals surface area contributed by atoms with Crippen LogP contribution in [-0.2, 0) is 11.3 Å². The molecule has 0 bridgehead atoms. The number of rotatable bonds is 5. The molecule has 2 aromatic rings. The van der Waals surface area contributed by atoms with E-state index in [1.165, 1.54) is 12.8 Å². The lowest BCUT2D eigenvalue weighted by Crippen LogP contribution is -2.37. The first kappa shape index (κ1) is 21.7. The molecule has 3 rings (SSSR count). The van der Waals surface area contributed by atoms with Crippen molar-refractivity contribution in [2.45, 2.75) is 51.6 Å². The number of para-hydroxylation sites is 2. The molecule has 1 aliphatic rings. The zero-order valence-electron chi connectivity index (χ0n) is 14.6. The number of hydrogen-bond acceptors (Lipinski definition) is 3. The molecule has 5 nitrogen and oxygen atoms in total. The van der Waals surface area contributed by atoms with E-state index < -0.39 is 0 Å². The van der Waals surface area contributed by atoms with Gasteiger partial charge in [0, 0.05) is 25.6 Å². The van der Waals surface area contributed by atoms with Gasteiger partial charge in [-0.1, -0.05) is 25.0 Å². The van der Waals surface area contributed by atoms with Gasteiger partial charge >= 0.3 is 0 Å². The minimum Gasteiger partial charge on any atom is -0.354 e. The zero-order valence-corrected chi connectivity index (χ0v) is 16.2. The minimum atomic E-state index is 0. The molecule has 3 N–H and O–H groups in total. The molecule has 1 saturated carbocycles. The molecule has 0 saturated heterocycles. The lowest BCUT2D eigenvalue weighted by Gasteiger charge is -2.27. The van der Waals surface area contributed by atoms with Crippen molar-refractivity contribution in [3.63, 3.8) is 0 Å². The van der Waals surface area contributed by atoms with Crippen LogP contribution in [0.3, 0.4) is 0 Å². The van der Waals surface area contributed by atoms with Crippen molar-refractivity contribution in [3.05, 3.63) is 30.1 Å². The highest BCUT2D eigenvalue weighted by molar-refractivity contribution is 5.85. The summed E-state index contributed by atoms with van der Waals surface area (Å²) in [6, 6.07) is 8.28. The number of imidazole rings is 1. The Labute approximate surface area is 161 Å². The first-order valence-electron chi connectivity index (χ1n) is 8.59. The standard InChI is InChI=1S/C18H26N4O.2ClH/c1-13-21-16-8-4-5-9-17(16)22(13)11-10-20-18(23)12-14-6-2-3-7-15(14)19;;/h4-5,8-9,14-15H,2-3,6-7,10-12,19H2,1H3,(H,20,23);2*1H. The fraction of sp³-hybridized carbons (Fsp3) is 0.556. The number of carbonyl (C=O) groups excluding carboxylic acids is 1. The van der Waals surface area contributed by atoms with Gasteiger partial charge in [-0.25, -0.2) is 4.98 Å². The Morgan fingerprint density at radius 2 is 2.00 bits per heavy atom. The van der Waals surface area contributed by atoms with Crippen LogP contribution in [0.5, 0.6) is 0 Å². The maximum absolute atomic E-state index is 12.1. The van der Waals surface area contributed by atoms with Gasteiger partial charge in [0.25, 0.3) is 0 Å². The van der Waals surface area contributed by atoms with Crippen LogP contribution in [0.25, 0.3) is 11.0 Å². The predicted molar refractivity (Wildman–Crippen MR) is 107 cm³/mol. The molecule has 25 heavy (non-hydrogen) atoms. The number of hydrogen-bond donors (Lipinski definition) is 2. The largest absolute Gasteiger partial charge is 0.354 e. The molecular formula is C18H28Cl2N4O. The maximum Gasteiger partial charge on any atom is 0.220 e. The monoisotopic (exact) mass is 386 g/mol. The molecule has 1 aliphatic carbocycles. The molecule has 7 heteroatoms. The quantitative estimate of drug-likeness (QED) is 0.828. The summed E-state index contributed by atoms with van der Waals surface area (Å²) in [6.45, 7) is 3.37. The highest BCUT2D eigenvalue weighted by Crippen LogP contribution is 2.25. The van der Waals surface area contributed by atoms with Gasteiger partial charge in [0.2, 0.25) is 5.91 Å². The first-order chi connectivity index (χ1) is 11.1.